The second-order valence-corrected chi connectivity index (χ2v) is 4.06. The van der Waals surface area contributed by atoms with Crippen molar-refractivity contribution in [3.63, 3.8) is 0 Å². The van der Waals surface area contributed by atoms with E-state index in [1.165, 1.54) is 24.1 Å². The van der Waals surface area contributed by atoms with Gasteiger partial charge < -0.3 is 15.8 Å². The number of aromatic nitrogens is 1. The van der Waals surface area contributed by atoms with Crippen molar-refractivity contribution in [3.05, 3.63) is 23.0 Å². The molecule has 1 atom stereocenters. The lowest BCUT2D eigenvalue weighted by Gasteiger charge is -2.09. The van der Waals surface area contributed by atoms with Gasteiger partial charge in [-0.05, 0) is 37.3 Å². The Morgan fingerprint density at radius 3 is 2.87 bits per heavy atom. The first kappa shape index (κ1) is 10.2. The number of aliphatic carboxylic acids is 1. The van der Waals surface area contributed by atoms with Crippen molar-refractivity contribution in [2.24, 2.45) is 5.73 Å². The highest BCUT2D eigenvalue weighted by molar-refractivity contribution is 5.76. The zero-order valence-electron chi connectivity index (χ0n) is 8.62. The van der Waals surface area contributed by atoms with E-state index in [9.17, 15) is 4.79 Å². The van der Waals surface area contributed by atoms with Crippen LogP contribution < -0.4 is 5.73 Å². The smallest absolute Gasteiger partial charge is 0.313 e. The molecular formula is C11H16N2O2. The minimum absolute atomic E-state index is 0.148. The molecule has 0 aliphatic heterocycles. The molecule has 0 amide bonds. The van der Waals surface area contributed by atoms with Crippen LogP contribution in [0.4, 0.5) is 0 Å². The maximum atomic E-state index is 10.9. The average Bonchev–Trinajstić information content (AvgIpc) is 2.61. The van der Waals surface area contributed by atoms with E-state index in [0.717, 1.165) is 18.5 Å². The zero-order valence-corrected chi connectivity index (χ0v) is 8.62. The first-order valence-electron chi connectivity index (χ1n) is 5.36. The maximum Gasteiger partial charge on any atom is 0.313 e. The molecule has 1 aromatic heterocycles. The minimum Gasteiger partial charge on any atom is -0.481 e. The average molecular weight is 208 g/mol. The molecule has 1 aliphatic carbocycles. The Bertz CT molecular complexity index is 347. The molecule has 1 aromatic rings. The largest absolute Gasteiger partial charge is 0.481 e. The van der Waals surface area contributed by atoms with Crippen LogP contribution in [0, 0.1) is 0 Å². The highest BCUT2D eigenvalue weighted by Crippen LogP contribution is 2.25. The van der Waals surface area contributed by atoms with Gasteiger partial charge in [-0.1, -0.05) is 0 Å². The number of aryl methyl sites for hydroxylation is 2. The first-order chi connectivity index (χ1) is 7.22. The van der Waals surface area contributed by atoms with Gasteiger partial charge in [0.2, 0.25) is 0 Å². The number of carbonyl (C=O) groups is 1. The van der Waals surface area contributed by atoms with Gasteiger partial charge in [0, 0.05) is 17.9 Å². The van der Waals surface area contributed by atoms with Crippen molar-refractivity contribution in [2.75, 3.05) is 6.54 Å². The van der Waals surface area contributed by atoms with Crippen molar-refractivity contribution in [3.8, 4) is 0 Å². The third-order valence-corrected chi connectivity index (χ3v) is 3.04. The number of carboxylic acid groups (broad SMARTS) is 1. The fourth-order valence-electron chi connectivity index (χ4n) is 2.18. The Hall–Kier alpha value is -1.29. The molecule has 0 bridgehead atoms. The third-order valence-electron chi connectivity index (χ3n) is 3.04. The number of rotatable bonds is 3. The van der Waals surface area contributed by atoms with Crippen molar-refractivity contribution in [2.45, 2.75) is 31.6 Å². The molecule has 0 saturated heterocycles. The lowest BCUT2D eigenvalue weighted by atomic mass is 9.97. The van der Waals surface area contributed by atoms with Gasteiger partial charge in [-0.2, -0.15) is 0 Å². The number of H-pyrrole nitrogens is 1. The van der Waals surface area contributed by atoms with Crippen LogP contribution in [0.1, 0.15) is 35.7 Å². The fraction of sp³-hybridized carbons (Fsp3) is 0.545. The molecule has 1 unspecified atom stereocenters. The summed E-state index contributed by atoms with van der Waals surface area (Å²) in [5.74, 6) is -1.44. The number of fused-ring (bicyclic) bond motifs is 1. The fourth-order valence-corrected chi connectivity index (χ4v) is 2.18. The molecule has 4 N–H and O–H groups in total. The van der Waals surface area contributed by atoms with Gasteiger partial charge in [-0.3, -0.25) is 4.79 Å². The summed E-state index contributed by atoms with van der Waals surface area (Å²) in [6, 6.07) is 1.97. The Kier molecular flexibility index (Phi) is 2.77. The van der Waals surface area contributed by atoms with Crippen LogP contribution in [0.5, 0.6) is 0 Å². The molecule has 82 valence electrons. The van der Waals surface area contributed by atoms with E-state index in [0.29, 0.717) is 0 Å². The highest BCUT2D eigenvalue weighted by Gasteiger charge is 2.22. The normalized spacial score (nSPS) is 17.1. The third kappa shape index (κ3) is 1.90. The molecule has 0 spiro atoms. The van der Waals surface area contributed by atoms with Gasteiger partial charge in [0.15, 0.2) is 0 Å². The van der Waals surface area contributed by atoms with Gasteiger partial charge in [0.05, 0.1) is 0 Å². The minimum atomic E-state index is -0.851. The van der Waals surface area contributed by atoms with Crippen LogP contribution in [0.2, 0.25) is 0 Å². The van der Waals surface area contributed by atoms with Crippen molar-refractivity contribution in [1.82, 2.24) is 4.98 Å². The SMILES string of the molecule is NCC(C(=O)O)c1cc2c([nH]1)CCCC2. The van der Waals surface area contributed by atoms with E-state index in [2.05, 4.69) is 4.98 Å². The quantitative estimate of drug-likeness (QED) is 0.694. The molecule has 0 fully saturated rings. The zero-order chi connectivity index (χ0) is 10.8. The molecule has 0 radical (unpaired) electrons. The number of aromatic amines is 1. The summed E-state index contributed by atoms with van der Waals surface area (Å²) in [4.78, 5) is 14.1. The van der Waals surface area contributed by atoms with Crippen LogP contribution in [-0.2, 0) is 17.6 Å². The Labute approximate surface area is 88.5 Å². The van der Waals surface area contributed by atoms with E-state index in [-0.39, 0.29) is 6.54 Å². The first-order valence-corrected chi connectivity index (χ1v) is 5.36. The van der Waals surface area contributed by atoms with Crippen molar-refractivity contribution >= 4 is 5.97 Å². The van der Waals surface area contributed by atoms with Crippen LogP contribution in [0.15, 0.2) is 6.07 Å². The summed E-state index contributed by atoms with van der Waals surface area (Å²) in [6.07, 6.45) is 4.48. The predicted octanol–water partition coefficient (Wildman–Crippen LogP) is 1.02. The second kappa shape index (κ2) is 4.06. The maximum absolute atomic E-state index is 10.9. The van der Waals surface area contributed by atoms with Gasteiger partial charge in [-0.25, -0.2) is 0 Å². The molecule has 0 saturated carbocycles. The Balaban J connectivity index is 2.28. The summed E-state index contributed by atoms with van der Waals surface area (Å²) in [5.41, 5.74) is 8.70. The molecule has 4 nitrogen and oxygen atoms in total. The molecule has 0 aromatic carbocycles. The number of hydrogen-bond acceptors (Lipinski definition) is 2. The second-order valence-electron chi connectivity index (χ2n) is 4.06. The standard InChI is InChI=1S/C11H16N2O2/c12-6-8(11(14)15)10-5-7-3-1-2-4-9(7)13-10/h5,8,13H,1-4,6,12H2,(H,14,15). The molecule has 1 heterocycles. The van der Waals surface area contributed by atoms with Crippen LogP contribution >= 0.6 is 0 Å². The summed E-state index contributed by atoms with van der Waals surface area (Å²) in [6.45, 7) is 0.148. The predicted molar refractivity (Wildman–Crippen MR) is 56.9 cm³/mol. The van der Waals surface area contributed by atoms with Crippen LogP contribution in [0.25, 0.3) is 0 Å². The van der Waals surface area contributed by atoms with Gasteiger partial charge in [0.1, 0.15) is 5.92 Å². The number of hydrogen-bond donors (Lipinski definition) is 3. The van der Waals surface area contributed by atoms with Crippen molar-refractivity contribution < 1.29 is 9.90 Å². The molecule has 2 rings (SSSR count). The number of carboxylic acids is 1. The summed E-state index contributed by atoms with van der Waals surface area (Å²) >= 11 is 0. The molecule has 4 heteroatoms. The van der Waals surface area contributed by atoms with Gasteiger partial charge >= 0.3 is 5.97 Å². The molecule has 15 heavy (non-hydrogen) atoms. The lowest BCUT2D eigenvalue weighted by Crippen LogP contribution is -2.21. The summed E-state index contributed by atoms with van der Waals surface area (Å²) in [7, 11) is 0. The Morgan fingerprint density at radius 1 is 1.53 bits per heavy atom. The van der Waals surface area contributed by atoms with Crippen LogP contribution in [-0.4, -0.2) is 22.6 Å². The van der Waals surface area contributed by atoms with Gasteiger partial charge in [0.25, 0.3) is 0 Å². The van der Waals surface area contributed by atoms with E-state index in [4.69, 9.17) is 10.8 Å². The van der Waals surface area contributed by atoms with E-state index in [1.54, 1.807) is 0 Å². The van der Waals surface area contributed by atoms with E-state index in [1.807, 2.05) is 6.07 Å². The summed E-state index contributed by atoms with van der Waals surface area (Å²) < 4.78 is 0. The lowest BCUT2D eigenvalue weighted by molar-refractivity contribution is -0.138. The topological polar surface area (TPSA) is 79.1 Å². The van der Waals surface area contributed by atoms with E-state index < -0.39 is 11.9 Å². The van der Waals surface area contributed by atoms with E-state index >= 15 is 0 Å². The monoisotopic (exact) mass is 208 g/mol. The van der Waals surface area contributed by atoms with Gasteiger partial charge in [-0.15, -0.1) is 0 Å². The number of nitrogens with one attached hydrogen (secondary N) is 1. The molecular weight excluding hydrogens is 192 g/mol. The molecule has 1 aliphatic rings. The number of nitrogens with two attached hydrogens (primary N) is 1. The van der Waals surface area contributed by atoms with Crippen LogP contribution in [0.3, 0.4) is 0 Å². The van der Waals surface area contributed by atoms with Crippen molar-refractivity contribution in [1.29, 1.82) is 0 Å². The summed E-state index contributed by atoms with van der Waals surface area (Å²) in [5, 5.41) is 8.99. The Morgan fingerprint density at radius 2 is 2.27 bits per heavy atom. The highest BCUT2D eigenvalue weighted by atomic mass is 16.4.